The van der Waals surface area contributed by atoms with Gasteiger partial charge in [0.2, 0.25) is 0 Å². The molecule has 1 aromatic rings. The van der Waals surface area contributed by atoms with Gasteiger partial charge in [-0.15, -0.1) is 0 Å². The van der Waals surface area contributed by atoms with Gasteiger partial charge in [0, 0.05) is 11.9 Å². The van der Waals surface area contributed by atoms with E-state index in [4.69, 9.17) is 11.6 Å². The van der Waals surface area contributed by atoms with Crippen LogP contribution in [0.4, 0.5) is 5.69 Å². The predicted octanol–water partition coefficient (Wildman–Crippen LogP) is 6.08. The number of rotatable bonds is 8. The maximum Gasteiger partial charge on any atom is 0.152 e. The lowest BCUT2D eigenvalue weighted by atomic mass is 10.1. The van der Waals surface area contributed by atoms with Crippen molar-refractivity contribution in [1.29, 1.82) is 0 Å². The van der Waals surface area contributed by atoms with Crippen LogP contribution in [0.25, 0.3) is 0 Å². The fourth-order valence-corrected chi connectivity index (χ4v) is 1.89. The fourth-order valence-electron chi connectivity index (χ4n) is 1.72. The summed E-state index contributed by atoms with van der Waals surface area (Å²) in [4.78, 5) is 4.03. The number of allylic oxidation sites excluding steroid dienone is 6. The van der Waals surface area contributed by atoms with E-state index in [2.05, 4.69) is 49.5 Å². The zero-order valence-electron chi connectivity index (χ0n) is 13.3. The van der Waals surface area contributed by atoms with E-state index in [1.165, 1.54) is 5.57 Å². The molecule has 0 atom stereocenters. The average molecular weight is 315 g/mol. The van der Waals surface area contributed by atoms with Crippen LogP contribution in [-0.2, 0) is 0 Å². The number of nitrogens with zero attached hydrogens (tertiary/aromatic N) is 1. The van der Waals surface area contributed by atoms with Gasteiger partial charge in [-0.3, -0.25) is 0 Å². The van der Waals surface area contributed by atoms with Crippen molar-refractivity contribution in [2.24, 2.45) is 0 Å². The summed E-state index contributed by atoms with van der Waals surface area (Å²) < 4.78 is 0. The summed E-state index contributed by atoms with van der Waals surface area (Å²) in [5.41, 5.74) is 3.54. The second-order valence-corrected chi connectivity index (χ2v) is 5.23. The topological polar surface area (TPSA) is 24.9 Å². The number of pyridine rings is 1. The summed E-state index contributed by atoms with van der Waals surface area (Å²) in [5.74, 6) is 0. The summed E-state index contributed by atoms with van der Waals surface area (Å²) in [5, 5.41) is 3.58. The van der Waals surface area contributed by atoms with Crippen LogP contribution in [0.5, 0.6) is 0 Å². The maximum absolute atomic E-state index is 6.03. The largest absolute Gasteiger partial charge is 0.353 e. The van der Waals surface area contributed by atoms with Gasteiger partial charge in [-0.05, 0) is 31.1 Å². The predicted molar refractivity (Wildman–Crippen MR) is 98.1 cm³/mol. The van der Waals surface area contributed by atoms with Gasteiger partial charge in [0.25, 0.3) is 0 Å². The lowest BCUT2D eigenvalue weighted by Gasteiger charge is -2.11. The van der Waals surface area contributed by atoms with Gasteiger partial charge in [-0.1, -0.05) is 74.1 Å². The molecule has 0 spiro atoms. The SMILES string of the molecule is C=C\C(=C/C=C(C)/C=C/CCC)C(=C)Nc1cccnc1Cl. The third kappa shape index (κ3) is 6.15. The maximum atomic E-state index is 6.03. The second kappa shape index (κ2) is 9.80. The van der Waals surface area contributed by atoms with Crippen LogP contribution in [0.15, 0.2) is 78.7 Å². The van der Waals surface area contributed by atoms with Gasteiger partial charge in [-0.25, -0.2) is 4.98 Å². The Morgan fingerprint density at radius 2 is 2.18 bits per heavy atom. The molecule has 116 valence electrons. The number of anilines is 1. The molecule has 0 amide bonds. The van der Waals surface area contributed by atoms with E-state index in [9.17, 15) is 0 Å². The summed E-state index contributed by atoms with van der Waals surface area (Å²) in [6, 6.07) is 3.68. The Morgan fingerprint density at radius 1 is 1.41 bits per heavy atom. The molecular weight excluding hydrogens is 292 g/mol. The number of aromatic nitrogens is 1. The molecule has 0 fully saturated rings. The fraction of sp³-hybridized carbons (Fsp3) is 0.211. The Balaban J connectivity index is 2.80. The van der Waals surface area contributed by atoms with E-state index in [1.54, 1.807) is 12.3 Å². The molecule has 0 aliphatic rings. The summed E-state index contributed by atoms with van der Waals surface area (Å²) in [6.45, 7) is 12.1. The third-order valence-electron chi connectivity index (χ3n) is 2.97. The molecule has 0 saturated carbocycles. The molecule has 22 heavy (non-hydrogen) atoms. The first kappa shape index (κ1) is 18.0. The smallest absolute Gasteiger partial charge is 0.152 e. The first-order chi connectivity index (χ1) is 10.6. The van der Waals surface area contributed by atoms with E-state index >= 15 is 0 Å². The standard InChI is InChI=1S/C19H23ClN2/c1-5-7-8-10-15(3)12-13-17(6-2)16(4)22-18-11-9-14-21-19(18)20/h6,8-14,22H,2,4-5,7H2,1,3H3/b10-8+,15-12+,17-13+. The van der Waals surface area contributed by atoms with Crippen molar-refractivity contribution in [1.82, 2.24) is 4.98 Å². The van der Waals surface area contributed by atoms with Gasteiger partial charge in [0.1, 0.15) is 0 Å². The Labute approximate surface area is 138 Å². The van der Waals surface area contributed by atoms with Crippen LogP contribution < -0.4 is 5.32 Å². The molecule has 0 bridgehead atoms. The Morgan fingerprint density at radius 3 is 2.82 bits per heavy atom. The average Bonchev–Trinajstić information content (AvgIpc) is 2.50. The van der Waals surface area contributed by atoms with Gasteiger partial charge in [0.15, 0.2) is 5.15 Å². The number of unbranched alkanes of at least 4 members (excludes halogenated alkanes) is 1. The number of hydrogen-bond donors (Lipinski definition) is 1. The highest BCUT2D eigenvalue weighted by molar-refractivity contribution is 6.32. The van der Waals surface area contributed by atoms with E-state index in [0.29, 0.717) is 5.15 Å². The van der Waals surface area contributed by atoms with Crippen LogP contribution in [0.3, 0.4) is 0 Å². The highest BCUT2D eigenvalue weighted by Gasteiger charge is 2.03. The number of hydrogen-bond acceptors (Lipinski definition) is 2. The van der Waals surface area contributed by atoms with E-state index in [0.717, 1.165) is 29.8 Å². The quantitative estimate of drug-likeness (QED) is 0.465. The van der Waals surface area contributed by atoms with Crippen LogP contribution in [0.1, 0.15) is 26.7 Å². The first-order valence-electron chi connectivity index (χ1n) is 7.32. The third-order valence-corrected chi connectivity index (χ3v) is 3.28. The number of nitrogens with one attached hydrogen (secondary N) is 1. The van der Waals surface area contributed by atoms with Gasteiger partial charge < -0.3 is 5.32 Å². The second-order valence-electron chi connectivity index (χ2n) is 4.87. The van der Waals surface area contributed by atoms with E-state index in [1.807, 2.05) is 24.3 Å². The molecule has 1 aromatic heterocycles. The van der Waals surface area contributed by atoms with Crippen LogP contribution in [0.2, 0.25) is 5.15 Å². The van der Waals surface area contributed by atoms with Crippen molar-refractivity contribution in [3.8, 4) is 0 Å². The lowest BCUT2D eigenvalue weighted by Crippen LogP contribution is -2.01. The minimum atomic E-state index is 0.418. The summed E-state index contributed by atoms with van der Waals surface area (Å²) >= 11 is 6.03. The molecule has 2 nitrogen and oxygen atoms in total. The monoisotopic (exact) mass is 314 g/mol. The molecule has 0 aliphatic carbocycles. The van der Waals surface area contributed by atoms with E-state index in [-0.39, 0.29) is 0 Å². The van der Waals surface area contributed by atoms with Crippen molar-refractivity contribution in [2.45, 2.75) is 26.7 Å². The Kier molecular flexibility index (Phi) is 8.01. The van der Waals surface area contributed by atoms with Crippen LogP contribution in [0, 0.1) is 0 Å². The zero-order chi connectivity index (χ0) is 16.4. The van der Waals surface area contributed by atoms with Gasteiger partial charge >= 0.3 is 0 Å². The highest BCUT2D eigenvalue weighted by Crippen LogP contribution is 2.21. The molecule has 0 radical (unpaired) electrons. The Hall–Kier alpha value is -2.06. The van der Waals surface area contributed by atoms with Gasteiger partial charge in [-0.2, -0.15) is 0 Å². The minimum Gasteiger partial charge on any atom is -0.353 e. The van der Waals surface area contributed by atoms with E-state index < -0.39 is 0 Å². The molecular formula is C19H23ClN2. The minimum absolute atomic E-state index is 0.418. The molecule has 0 aliphatic heterocycles. The lowest BCUT2D eigenvalue weighted by molar-refractivity contribution is 0.957. The molecule has 3 heteroatoms. The van der Waals surface area contributed by atoms with Crippen molar-refractivity contribution < 1.29 is 0 Å². The molecule has 1 N–H and O–H groups in total. The molecule has 1 rings (SSSR count). The number of halogens is 1. The summed E-state index contributed by atoms with van der Waals surface area (Å²) in [7, 11) is 0. The summed E-state index contributed by atoms with van der Waals surface area (Å²) in [6.07, 6.45) is 14.0. The molecule has 0 aromatic carbocycles. The Bertz CT molecular complexity index is 610. The first-order valence-corrected chi connectivity index (χ1v) is 7.70. The van der Waals surface area contributed by atoms with Crippen molar-refractivity contribution in [3.63, 3.8) is 0 Å². The van der Waals surface area contributed by atoms with Gasteiger partial charge in [0.05, 0.1) is 5.69 Å². The zero-order valence-corrected chi connectivity index (χ0v) is 14.0. The van der Waals surface area contributed by atoms with Crippen LogP contribution in [-0.4, -0.2) is 4.98 Å². The molecule has 0 unspecified atom stereocenters. The van der Waals surface area contributed by atoms with Crippen LogP contribution >= 0.6 is 11.6 Å². The van der Waals surface area contributed by atoms with Crippen molar-refractivity contribution in [2.75, 3.05) is 5.32 Å². The van der Waals surface area contributed by atoms with Crippen molar-refractivity contribution in [3.05, 3.63) is 83.9 Å². The van der Waals surface area contributed by atoms with Crippen molar-refractivity contribution >= 4 is 17.3 Å². The molecule has 0 saturated heterocycles. The normalized spacial score (nSPS) is 12.5. The highest BCUT2D eigenvalue weighted by atomic mass is 35.5. The molecule has 1 heterocycles.